The molecule has 11 heteroatoms. The number of nitrogens with zero attached hydrogens (tertiary/aromatic N) is 4. The van der Waals surface area contributed by atoms with Gasteiger partial charge in [-0.25, -0.2) is 9.97 Å². The summed E-state index contributed by atoms with van der Waals surface area (Å²) in [6.07, 6.45) is -4.97. The summed E-state index contributed by atoms with van der Waals surface area (Å²) in [5.74, 6) is -3.79. The van der Waals surface area contributed by atoms with Crippen LogP contribution >= 0.6 is 0 Å². The third kappa shape index (κ3) is 2.52. The highest BCUT2D eigenvalue weighted by Gasteiger charge is 2.36. The van der Waals surface area contributed by atoms with Crippen LogP contribution in [-0.2, 0) is 0 Å². The van der Waals surface area contributed by atoms with Crippen LogP contribution in [0.2, 0.25) is 0 Å². The van der Waals surface area contributed by atoms with E-state index in [9.17, 15) is 18.0 Å². The molecule has 0 aliphatic rings. The topological polar surface area (TPSA) is 122 Å². The van der Waals surface area contributed by atoms with Crippen LogP contribution in [0.4, 0.5) is 19.1 Å². The molecule has 0 saturated heterocycles. The molecule has 0 aliphatic heterocycles. The second-order valence-corrected chi connectivity index (χ2v) is 4.48. The molecule has 0 atom stereocenters. The Bertz CT molecular complexity index is 947. The Kier molecular flexibility index (Phi) is 3.13. The Hall–Kier alpha value is -3.24. The fourth-order valence-electron chi connectivity index (χ4n) is 1.91. The summed E-state index contributed by atoms with van der Waals surface area (Å²) in [7, 11) is 0. The average Bonchev–Trinajstić information content (AvgIpc) is 2.92. The number of hydrogen-bond donors (Lipinski definition) is 3. The number of nitrogen functional groups attached to an aromatic ring is 1. The summed E-state index contributed by atoms with van der Waals surface area (Å²) >= 11 is 0. The third-order valence-corrected chi connectivity index (χ3v) is 2.93. The summed E-state index contributed by atoms with van der Waals surface area (Å²) < 4.78 is 37.9. The van der Waals surface area contributed by atoms with Crippen LogP contribution in [0.25, 0.3) is 16.6 Å². The summed E-state index contributed by atoms with van der Waals surface area (Å²) in [5.41, 5.74) is 6.38. The van der Waals surface area contributed by atoms with Gasteiger partial charge in [0.25, 0.3) is 5.91 Å². The van der Waals surface area contributed by atoms with Crippen molar-refractivity contribution in [2.24, 2.45) is 0 Å². The van der Waals surface area contributed by atoms with Gasteiger partial charge < -0.3 is 11.1 Å². The van der Waals surface area contributed by atoms with Crippen molar-refractivity contribution in [3.05, 3.63) is 30.1 Å². The van der Waals surface area contributed by atoms with Gasteiger partial charge in [-0.1, -0.05) is 12.1 Å². The number of hydrogen-bond acceptors (Lipinski definition) is 6. The molecule has 3 aromatic rings. The van der Waals surface area contributed by atoms with E-state index in [-0.39, 0.29) is 11.6 Å². The third-order valence-electron chi connectivity index (χ3n) is 2.93. The molecule has 4 N–H and O–H groups in total. The van der Waals surface area contributed by atoms with Gasteiger partial charge in [-0.15, -0.1) is 5.10 Å². The Morgan fingerprint density at radius 2 is 1.96 bits per heavy atom. The van der Waals surface area contributed by atoms with Crippen LogP contribution in [0.3, 0.4) is 0 Å². The highest BCUT2D eigenvalue weighted by Crippen LogP contribution is 2.19. The standard InChI is InChI=1S/C12H8F3N7O/c13-12(14,15)10(16)20-9(23)7-19-8-5-3-1-2-4-6(5)18-11(17)22(8)21-7/h1-4H,(H2,17,18)(H2,16,20,23). The van der Waals surface area contributed by atoms with E-state index in [1.807, 2.05) is 0 Å². The van der Waals surface area contributed by atoms with Gasteiger partial charge in [0.05, 0.1) is 5.52 Å². The summed E-state index contributed by atoms with van der Waals surface area (Å²) in [4.78, 5) is 19.7. The van der Waals surface area contributed by atoms with E-state index < -0.39 is 23.7 Å². The molecule has 0 radical (unpaired) electrons. The highest BCUT2D eigenvalue weighted by atomic mass is 19.4. The molecule has 0 fully saturated rings. The van der Waals surface area contributed by atoms with E-state index in [1.165, 1.54) is 5.32 Å². The first-order chi connectivity index (χ1) is 10.8. The van der Waals surface area contributed by atoms with E-state index in [0.717, 1.165) is 4.52 Å². The molecule has 2 aromatic heterocycles. The van der Waals surface area contributed by atoms with Crippen molar-refractivity contribution in [1.29, 1.82) is 5.41 Å². The maximum atomic E-state index is 12.3. The highest BCUT2D eigenvalue weighted by molar-refractivity contribution is 6.06. The van der Waals surface area contributed by atoms with Gasteiger partial charge in [0.15, 0.2) is 5.65 Å². The van der Waals surface area contributed by atoms with Gasteiger partial charge in [-0.05, 0) is 12.1 Å². The molecular formula is C12H8F3N7O. The van der Waals surface area contributed by atoms with Crippen LogP contribution in [0, 0.1) is 5.41 Å². The zero-order chi connectivity index (χ0) is 16.8. The quantitative estimate of drug-likeness (QED) is 0.458. The van der Waals surface area contributed by atoms with Gasteiger partial charge in [-0.2, -0.15) is 17.7 Å². The van der Waals surface area contributed by atoms with E-state index in [2.05, 4.69) is 15.1 Å². The molecule has 0 unspecified atom stereocenters. The summed E-state index contributed by atoms with van der Waals surface area (Å²) in [6.45, 7) is 0. The van der Waals surface area contributed by atoms with Crippen molar-refractivity contribution >= 4 is 34.2 Å². The van der Waals surface area contributed by atoms with Crippen molar-refractivity contribution < 1.29 is 18.0 Å². The fourth-order valence-corrected chi connectivity index (χ4v) is 1.91. The number of aromatic nitrogens is 4. The van der Waals surface area contributed by atoms with E-state index in [4.69, 9.17) is 11.1 Å². The van der Waals surface area contributed by atoms with Crippen LogP contribution < -0.4 is 11.1 Å². The lowest BCUT2D eigenvalue weighted by Crippen LogP contribution is -2.40. The number of nitrogens with one attached hydrogen (secondary N) is 2. The lowest BCUT2D eigenvalue weighted by Gasteiger charge is -2.07. The molecule has 1 aromatic carbocycles. The second kappa shape index (κ2) is 4.90. The number of benzene rings is 1. The average molecular weight is 323 g/mol. The van der Waals surface area contributed by atoms with Gasteiger partial charge in [0, 0.05) is 5.39 Å². The minimum atomic E-state index is -4.97. The number of halogens is 3. The molecule has 0 saturated carbocycles. The van der Waals surface area contributed by atoms with Gasteiger partial charge in [0.1, 0.15) is 0 Å². The number of carbonyl (C=O) groups excluding carboxylic acids is 1. The summed E-state index contributed by atoms with van der Waals surface area (Å²) in [5, 5.41) is 12.4. The predicted octanol–water partition coefficient (Wildman–Crippen LogP) is 1.13. The first-order valence-corrected chi connectivity index (χ1v) is 6.15. The molecule has 1 amide bonds. The Balaban J connectivity index is 2.07. The van der Waals surface area contributed by atoms with Crippen LogP contribution in [-0.4, -0.2) is 37.5 Å². The molecular weight excluding hydrogens is 315 g/mol. The Labute approximate surface area is 125 Å². The van der Waals surface area contributed by atoms with Gasteiger partial charge in [-0.3, -0.25) is 10.2 Å². The number of anilines is 1. The first kappa shape index (κ1) is 14.7. The number of alkyl halides is 3. The first-order valence-electron chi connectivity index (χ1n) is 6.15. The number of nitrogens with two attached hydrogens (primary N) is 1. The van der Waals surface area contributed by atoms with Crippen molar-refractivity contribution in [1.82, 2.24) is 24.9 Å². The van der Waals surface area contributed by atoms with Gasteiger partial charge in [0.2, 0.25) is 17.6 Å². The number of rotatable bonds is 1. The van der Waals surface area contributed by atoms with Crippen molar-refractivity contribution in [2.75, 3.05) is 5.73 Å². The van der Waals surface area contributed by atoms with Gasteiger partial charge >= 0.3 is 6.18 Å². The summed E-state index contributed by atoms with van der Waals surface area (Å²) in [6, 6.07) is 6.75. The Morgan fingerprint density at radius 3 is 2.65 bits per heavy atom. The molecule has 0 aliphatic carbocycles. The molecule has 118 valence electrons. The van der Waals surface area contributed by atoms with E-state index >= 15 is 0 Å². The number of amidine groups is 1. The van der Waals surface area contributed by atoms with Crippen LogP contribution in [0.15, 0.2) is 24.3 Å². The van der Waals surface area contributed by atoms with Crippen molar-refractivity contribution in [3.8, 4) is 0 Å². The fraction of sp³-hybridized carbons (Fsp3) is 0.0833. The number of para-hydroxylation sites is 1. The molecule has 2 heterocycles. The zero-order valence-electron chi connectivity index (χ0n) is 11.2. The number of amides is 1. The van der Waals surface area contributed by atoms with E-state index in [0.29, 0.717) is 10.9 Å². The number of fused-ring (bicyclic) bond motifs is 3. The van der Waals surface area contributed by atoms with Crippen molar-refractivity contribution in [2.45, 2.75) is 6.18 Å². The van der Waals surface area contributed by atoms with Crippen molar-refractivity contribution in [3.63, 3.8) is 0 Å². The predicted molar refractivity (Wildman–Crippen MR) is 73.9 cm³/mol. The monoisotopic (exact) mass is 323 g/mol. The zero-order valence-corrected chi connectivity index (χ0v) is 11.2. The minimum Gasteiger partial charge on any atom is -0.368 e. The SMILES string of the molecule is N=C(NC(=O)c1nc2c3ccccc3nc(N)n2n1)C(F)(F)F. The Morgan fingerprint density at radius 1 is 1.26 bits per heavy atom. The minimum absolute atomic E-state index is 0.0730. The molecule has 0 bridgehead atoms. The molecule has 8 nitrogen and oxygen atoms in total. The van der Waals surface area contributed by atoms with E-state index in [1.54, 1.807) is 24.3 Å². The molecule has 3 rings (SSSR count). The van der Waals surface area contributed by atoms with Crippen LogP contribution in [0.5, 0.6) is 0 Å². The van der Waals surface area contributed by atoms with Crippen LogP contribution in [0.1, 0.15) is 10.6 Å². The smallest absolute Gasteiger partial charge is 0.368 e. The lowest BCUT2D eigenvalue weighted by molar-refractivity contribution is -0.0622. The largest absolute Gasteiger partial charge is 0.449 e. The number of carbonyl (C=O) groups is 1. The maximum absolute atomic E-state index is 12.3. The lowest BCUT2D eigenvalue weighted by atomic mass is 10.2. The normalized spacial score (nSPS) is 11.8. The molecule has 23 heavy (non-hydrogen) atoms. The maximum Gasteiger partial charge on any atom is 0.449 e. The second-order valence-electron chi connectivity index (χ2n) is 4.48. The molecule has 0 spiro atoms.